The molecule has 0 saturated heterocycles. The third-order valence-electron chi connectivity index (χ3n) is 3.27. The lowest BCUT2D eigenvalue weighted by Crippen LogP contribution is -2.17. The normalized spacial score (nSPS) is 10.7. The van der Waals surface area contributed by atoms with Crippen LogP contribution in [-0.2, 0) is 11.3 Å². The van der Waals surface area contributed by atoms with E-state index in [4.69, 9.17) is 27.9 Å². The summed E-state index contributed by atoms with van der Waals surface area (Å²) in [6.45, 7) is 0.403. The Balaban J connectivity index is 2.05. The highest BCUT2D eigenvalue weighted by atomic mass is 35.5. The van der Waals surface area contributed by atoms with Crippen LogP contribution in [0.15, 0.2) is 54.2 Å². The lowest BCUT2D eigenvalue weighted by atomic mass is 10.2. The Kier molecular flexibility index (Phi) is 6.70. The number of anilines is 1. The fourth-order valence-electron chi connectivity index (χ4n) is 2.04. The Hall–Kier alpha value is -2.68. The zero-order chi connectivity index (χ0) is 18.2. The number of hydrogen-bond acceptors (Lipinski definition) is 4. The second-order valence-electron chi connectivity index (χ2n) is 4.94. The number of carbonyl (C=O) groups is 1. The van der Waals surface area contributed by atoms with E-state index in [0.717, 1.165) is 11.3 Å². The first-order valence-electron chi connectivity index (χ1n) is 7.27. The van der Waals surface area contributed by atoms with Crippen LogP contribution in [0.4, 0.5) is 5.69 Å². The smallest absolute Gasteiger partial charge is 0.267 e. The van der Waals surface area contributed by atoms with Gasteiger partial charge in [0.15, 0.2) is 0 Å². The van der Waals surface area contributed by atoms with Gasteiger partial charge in [0.05, 0.1) is 17.8 Å². The van der Waals surface area contributed by atoms with Crippen LogP contribution in [0.3, 0.4) is 0 Å². The van der Waals surface area contributed by atoms with Crippen molar-refractivity contribution in [2.45, 2.75) is 6.54 Å². The fourth-order valence-corrected chi connectivity index (χ4v) is 2.38. The standard InChI is InChI=1S/C18H15Cl2N3O2/c1-25-17-5-3-2-4-12(17)10-22-11-13(9-21)18(24)23-16-8-14(19)6-7-15(16)20/h2-8,11,22H,10H2,1H3,(H,23,24)/b13-11-. The summed E-state index contributed by atoms with van der Waals surface area (Å²) < 4.78 is 5.25. The maximum atomic E-state index is 12.2. The van der Waals surface area contributed by atoms with E-state index in [1.165, 1.54) is 12.3 Å². The molecule has 2 N–H and O–H groups in total. The van der Waals surface area contributed by atoms with Crippen LogP contribution in [0.1, 0.15) is 5.56 Å². The second-order valence-corrected chi connectivity index (χ2v) is 5.78. The molecular formula is C18H15Cl2N3O2. The zero-order valence-corrected chi connectivity index (χ0v) is 14.9. The molecule has 0 radical (unpaired) electrons. The van der Waals surface area contributed by atoms with Crippen molar-refractivity contribution < 1.29 is 9.53 Å². The number of benzene rings is 2. The van der Waals surface area contributed by atoms with Gasteiger partial charge in [0.25, 0.3) is 5.91 Å². The highest BCUT2D eigenvalue weighted by Crippen LogP contribution is 2.25. The minimum absolute atomic E-state index is 0.0917. The van der Waals surface area contributed by atoms with E-state index in [0.29, 0.717) is 22.3 Å². The number of nitriles is 1. The van der Waals surface area contributed by atoms with Gasteiger partial charge in [-0.3, -0.25) is 4.79 Å². The van der Waals surface area contributed by atoms with Crippen LogP contribution < -0.4 is 15.4 Å². The number of halogens is 2. The third kappa shape index (κ3) is 5.15. The summed E-state index contributed by atoms with van der Waals surface area (Å²) in [6.07, 6.45) is 1.35. The van der Waals surface area contributed by atoms with Gasteiger partial charge in [-0.05, 0) is 24.3 Å². The maximum Gasteiger partial charge on any atom is 0.267 e. The predicted octanol–water partition coefficient (Wildman–Crippen LogP) is 4.14. The van der Waals surface area contributed by atoms with Crippen LogP contribution in [0.2, 0.25) is 10.0 Å². The van der Waals surface area contributed by atoms with E-state index < -0.39 is 5.91 Å². The van der Waals surface area contributed by atoms with Crippen molar-refractivity contribution in [1.29, 1.82) is 5.26 Å². The molecule has 7 heteroatoms. The quantitative estimate of drug-likeness (QED) is 0.587. The van der Waals surface area contributed by atoms with Crippen molar-refractivity contribution in [3.8, 4) is 11.8 Å². The molecular weight excluding hydrogens is 361 g/mol. The van der Waals surface area contributed by atoms with Crippen molar-refractivity contribution >= 4 is 34.8 Å². The molecule has 0 atom stereocenters. The van der Waals surface area contributed by atoms with Crippen LogP contribution in [0.25, 0.3) is 0 Å². The number of nitrogens with one attached hydrogen (secondary N) is 2. The average Bonchev–Trinajstić information content (AvgIpc) is 2.62. The van der Waals surface area contributed by atoms with E-state index in [2.05, 4.69) is 10.6 Å². The molecule has 1 amide bonds. The number of amides is 1. The van der Waals surface area contributed by atoms with Crippen molar-refractivity contribution in [1.82, 2.24) is 5.32 Å². The number of nitrogens with zero attached hydrogens (tertiary/aromatic N) is 1. The first-order chi connectivity index (χ1) is 12.0. The van der Waals surface area contributed by atoms with Gasteiger partial charge in [0.1, 0.15) is 17.4 Å². The Bertz CT molecular complexity index is 844. The van der Waals surface area contributed by atoms with Gasteiger partial charge in [-0.2, -0.15) is 5.26 Å². The van der Waals surface area contributed by atoms with Gasteiger partial charge in [0.2, 0.25) is 0 Å². The van der Waals surface area contributed by atoms with Crippen LogP contribution in [0.5, 0.6) is 5.75 Å². The van der Waals surface area contributed by atoms with E-state index in [1.807, 2.05) is 30.3 Å². The largest absolute Gasteiger partial charge is 0.496 e. The van der Waals surface area contributed by atoms with Crippen molar-refractivity contribution in [3.05, 3.63) is 69.8 Å². The van der Waals surface area contributed by atoms with Crippen LogP contribution in [0, 0.1) is 11.3 Å². The van der Waals surface area contributed by atoms with Gasteiger partial charge in [-0.1, -0.05) is 41.4 Å². The summed E-state index contributed by atoms with van der Waals surface area (Å²) in [5.41, 5.74) is 1.15. The molecule has 2 aromatic rings. The monoisotopic (exact) mass is 375 g/mol. The number of methoxy groups -OCH3 is 1. The van der Waals surface area contributed by atoms with Crippen LogP contribution >= 0.6 is 23.2 Å². The second kappa shape index (κ2) is 8.97. The molecule has 0 unspecified atom stereocenters. The number of ether oxygens (including phenoxy) is 1. The molecule has 0 spiro atoms. The molecule has 2 aromatic carbocycles. The molecule has 0 saturated carbocycles. The first kappa shape index (κ1) is 18.7. The van der Waals surface area contributed by atoms with E-state index in [9.17, 15) is 10.1 Å². The van der Waals surface area contributed by atoms with Gasteiger partial charge in [-0.25, -0.2) is 0 Å². The maximum absolute atomic E-state index is 12.2. The highest BCUT2D eigenvalue weighted by molar-refractivity contribution is 6.35. The summed E-state index contributed by atoms with van der Waals surface area (Å²) in [5, 5.41) is 15.4. The van der Waals surface area contributed by atoms with Gasteiger partial charge >= 0.3 is 0 Å². The molecule has 0 aromatic heterocycles. The third-order valence-corrected chi connectivity index (χ3v) is 3.84. The fraction of sp³-hybridized carbons (Fsp3) is 0.111. The Morgan fingerprint density at radius 1 is 1.28 bits per heavy atom. The predicted molar refractivity (Wildman–Crippen MR) is 98.6 cm³/mol. The molecule has 0 aliphatic heterocycles. The van der Waals surface area contributed by atoms with E-state index in [1.54, 1.807) is 19.2 Å². The SMILES string of the molecule is COc1ccccc1CN/C=C(/C#N)C(=O)Nc1cc(Cl)ccc1Cl. The Morgan fingerprint density at radius 2 is 2.04 bits per heavy atom. The summed E-state index contributed by atoms with van der Waals surface area (Å²) in [6, 6.07) is 14.0. The molecule has 0 aliphatic carbocycles. The van der Waals surface area contributed by atoms with Crippen molar-refractivity contribution in [2.75, 3.05) is 12.4 Å². The Labute approximate surface area is 155 Å². The molecule has 0 aliphatic rings. The minimum Gasteiger partial charge on any atom is -0.496 e. The molecule has 0 heterocycles. The molecule has 25 heavy (non-hydrogen) atoms. The molecule has 0 fully saturated rings. The number of rotatable bonds is 6. The lowest BCUT2D eigenvalue weighted by molar-refractivity contribution is -0.112. The summed E-state index contributed by atoms with van der Waals surface area (Å²) in [7, 11) is 1.58. The topological polar surface area (TPSA) is 74.1 Å². The van der Waals surface area contributed by atoms with Crippen molar-refractivity contribution in [2.24, 2.45) is 0 Å². The number of carbonyl (C=O) groups excluding carboxylic acids is 1. The molecule has 2 rings (SSSR count). The van der Waals surface area contributed by atoms with Crippen molar-refractivity contribution in [3.63, 3.8) is 0 Å². The zero-order valence-electron chi connectivity index (χ0n) is 13.3. The first-order valence-corrected chi connectivity index (χ1v) is 8.02. The molecule has 5 nitrogen and oxygen atoms in total. The molecule has 128 valence electrons. The minimum atomic E-state index is -0.584. The summed E-state index contributed by atoms with van der Waals surface area (Å²) in [5.74, 6) is 0.135. The lowest BCUT2D eigenvalue weighted by Gasteiger charge is -2.09. The number of para-hydroxylation sites is 1. The van der Waals surface area contributed by atoms with E-state index in [-0.39, 0.29) is 5.57 Å². The average molecular weight is 376 g/mol. The van der Waals surface area contributed by atoms with E-state index >= 15 is 0 Å². The highest BCUT2D eigenvalue weighted by Gasteiger charge is 2.12. The van der Waals surface area contributed by atoms with Crippen LogP contribution in [-0.4, -0.2) is 13.0 Å². The summed E-state index contributed by atoms with van der Waals surface area (Å²) >= 11 is 11.9. The summed E-state index contributed by atoms with van der Waals surface area (Å²) in [4.78, 5) is 12.2. The van der Waals surface area contributed by atoms with Gasteiger partial charge < -0.3 is 15.4 Å². The van der Waals surface area contributed by atoms with Gasteiger partial charge in [-0.15, -0.1) is 0 Å². The Morgan fingerprint density at radius 3 is 2.76 bits per heavy atom. The van der Waals surface area contributed by atoms with Gasteiger partial charge in [0, 0.05) is 23.3 Å². The number of hydrogen-bond donors (Lipinski definition) is 2. The molecule has 0 bridgehead atoms.